The number of nitrogens with zero attached hydrogens (tertiary/aromatic N) is 2. The summed E-state index contributed by atoms with van der Waals surface area (Å²) >= 11 is 0. The third-order valence-electron chi connectivity index (χ3n) is 6.10. The predicted octanol–water partition coefficient (Wildman–Crippen LogP) is 2.92. The number of ether oxygens (including phenoxy) is 1. The molecule has 0 spiro atoms. The Morgan fingerprint density at radius 3 is 2.81 bits per heavy atom. The number of nitrogens with one attached hydrogen (secondary N) is 1. The van der Waals surface area contributed by atoms with E-state index in [9.17, 15) is 4.79 Å². The van der Waals surface area contributed by atoms with Gasteiger partial charge in [0.25, 0.3) is 5.91 Å². The summed E-state index contributed by atoms with van der Waals surface area (Å²) in [6.45, 7) is 4.76. The van der Waals surface area contributed by atoms with Crippen LogP contribution in [0.15, 0.2) is 42.5 Å². The lowest BCUT2D eigenvalue weighted by Gasteiger charge is -2.33. The number of fused-ring (bicyclic) bond motifs is 4. The van der Waals surface area contributed by atoms with Crippen molar-refractivity contribution in [3.63, 3.8) is 0 Å². The Kier molecular flexibility index (Phi) is 3.95. The summed E-state index contributed by atoms with van der Waals surface area (Å²) in [5.41, 5.74) is 3.07. The minimum Gasteiger partial charge on any atom is -0.376 e. The number of rotatable bonds is 2. The van der Waals surface area contributed by atoms with E-state index < -0.39 is 0 Å². The first-order valence-corrected chi connectivity index (χ1v) is 9.74. The summed E-state index contributed by atoms with van der Waals surface area (Å²) in [6.07, 6.45) is 1.25. The minimum atomic E-state index is 0.0173. The average molecular weight is 363 g/mol. The fourth-order valence-electron chi connectivity index (χ4n) is 4.72. The first-order valence-electron chi connectivity index (χ1n) is 9.74. The molecule has 1 amide bonds. The van der Waals surface area contributed by atoms with Crippen molar-refractivity contribution in [2.24, 2.45) is 7.05 Å². The van der Waals surface area contributed by atoms with Crippen molar-refractivity contribution in [2.45, 2.75) is 31.5 Å². The molecular weight excluding hydrogens is 338 g/mol. The highest BCUT2D eigenvalue weighted by Crippen LogP contribution is 2.29. The van der Waals surface area contributed by atoms with E-state index in [1.54, 1.807) is 0 Å². The van der Waals surface area contributed by atoms with Gasteiger partial charge in [-0.2, -0.15) is 0 Å². The van der Waals surface area contributed by atoms with Gasteiger partial charge < -0.3 is 14.6 Å². The van der Waals surface area contributed by atoms with Crippen molar-refractivity contribution in [1.82, 2.24) is 14.8 Å². The lowest BCUT2D eigenvalue weighted by Crippen LogP contribution is -2.45. The summed E-state index contributed by atoms with van der Waals surface area (Å²) in [5, 5.41) is 5.56. The van der Waals surface area contributed by atoms with Gasteiger partial charge in [0.1, 0.15) is 0 Å². The average Bonchev–Trinajstić information content (AvgIpc) is 3.20. The molecule has 2 aliphatic heterocycles. The van der Waals surface area contributed by atoms with Gasteiger partial charge in [-0.3, -0.25) is 9.69 Å². The molecule has 2 aromatic carbocycles. The number of benzene rings is 2. The molecule has 27 heavy (non-hydrogen) atoms. The normalized spacial score (nSPS) is 25.8. The van der Waals surface area contributed by atoms with Crippen molar-refractivity contribution >= 4 is 27.7 Å². The third-order valence-corrected chi connectivity index (χ3v) is 6.10. The maximum atomic E-state index is 12.9. The van der Waals surface area contributed by atoms with E-state index in [-0.39, 0.29) is 18.1 Å². The Labute approximate surface area is 158 Å². The third kappa shape index (κ3) is 2.82. The SMILES string of the molecule is C[C@@H]1CN2C[C@@H](NC(=O)c3ccc4c(c3)c3ccccc3n4C)C[C@H]2CO1. The summed E-state index contributed by atoms with van der Waals surface area (Å²) in [7, 11) is 2.07. The molecular formula is C22H25N3O2. The maximum Gasteiger partial charge on any atom is 0.251 e. The van der Waals surface area contributed by atoms with Gasteiger partial charge in [0.2, 0.25) is 0 Å². The molecule has 5 rings (SSSR count). The lowest BCUT2D eigenvalue weighted by atomic mass is 10.1. The maximum absolute atomic E-state index is 12.9. The molecule has 0 bridgehead atoms. The minimum absolute atomic E-state index is 0.0173. The molecule has 0 radical (unpaired) electrons. The van der Waals surface area contributed by atoms with Crippen molar-refractivity contribution in [3.8, 4) is 0 Å². The highest BCUT2D eigenvalue weighted by Gasteiger charge is 2.36. The topological polar surface area (TPSA) is 46.5 Å². The fraction of sp³-hybridized carbons (Fsp3) is 0.409. The van der Waals surface area contributed by atoms with E-state index in [1.165, 1.54) is 10.9 Å². The number of aromatic nitrogens is 1. The van der Waals surface area contributed by atoms with E-state index in [0.717, 1.165) is 42.6 Å². The van der Waals surface area contributed by atoms with Crippen LogP contribution in [0.25, 0.3) is 21.8 Å². The van der Waals surface area contributed by atoms with E-state index in [4.69, 9.17) is 4.74 Å². The number of hydrogen-bond acceptors (Lipinski definition) is 3. The molecule has 0 unspecified atom stereocenters. The molecule has 0 saturated carbocycles. The zero-order valence-electron chi connectivity index (χ0n) is 15.8. The molecule has 0 aliphatic carbocycles. The second-order valence-corrected chi connectivity index (χ2v) is 7.97. The first kappa shape index (κ1) is 16.8. The largest absolute Gasteiger partial charge is 0.376 e. The van der Waals surface area contributed by atoms with Crippen LogP contribution < -0.4 is 5.32 Å². The van der Waals surface area contributed by atoms with Gasteiger partial charge in [-0.05, 0) is 37.6 Å². The van der Waals surface area contributed by atoms with E-state index in [0.29, 0.717) is 6.04 Å². The fourth-order valence-corrected chi connectivity index (χ4v) is 4.72. The molecule has 2 fully saturated rings. The number of hydrogen-bond donors (Lipinski definition) is 1. The summed E-state index contributed by atoms with van der Waals surface area (Å²) in [5.74, 6) is 0.0173. The van der Waals surface area contributed by atoms with Gasteiger partial charge in [0.15, 0.2) is 0 Å². The number of carbonyl (C=O) groups excluding carboxylic acids is 1. The molecule has 3 aromatic rings. The van der Waals surface area contributed by atoms with E-state index >= 15 is 0 Å². The second kappa shape index (κ2) is 6.36. The zero-order valence-corrected chi connectivity index (χ0v) is 15.8. The first-order chi connectivity index (χ1) is 13.1. The molecule has 1 N–H and O–H groups in total. The van der Waals surface area contributed by atoms with Gasteiger partial charge in [-0.1, -0.05) is 18.2 Å². The summed E-state index contributed by atoms with van der Waals surface area (Å²) in [6, 6.07) is 15.0. The molecule has 2 aliphatic rings. The summed E-state index contributed by atoms with van der Waals surface area (Å²) in [4.78, 5) is 15.3. The smallest absolute Gasteiger partial charge is 0.251 e. The van der Waals surface area contributed by atoms with Crippen LogP contribution in [0.2, 0.25) is 0 Å². The van der Waals surface area contributed by atoms with Crippen LogP contribution in [-0.4, -0.2) is 53.3 Å². The highest BCUT2D eigenvalue weighted by molar-refractivity contribution is 6.10. The van der Waals surface area contributed by atoms with Crippen LogP contribution in [0.3, 0.4) is 0 Å². The Morgan fingerprint density at radius 2 is 1.93 bits per heavy atom. The van der Waals surface area contributed by atoms with Crippen molar-refractivity contribution in [2.75, 3.05) is 19.7 Å². The molecule has 140 valence electrons. The summed E-state index contributed by atoms with van der Waals surface area (Å²) < 4.78 is 7.95. The van der Waals surface area contributed by atoms with Gasteiger partial charge in [-0.15, -0.1) is 0 Å². The Hall–Kier alpha value is -2.37. The zero-order chi connectivity index (χ0) is 18.5. The second-order valence-electron chi connectivity index (χ2n) is 7.97. The molecule has 5 heteroatoms. The number of carbonyl (C=O) groups is 1. The number of aryl methyl sites for hydroxylation is 1. The van der Waals surface area contributed by atoms with Crippen molar-refractivity contribution in [1.29, 1.82) is 0 Å². The number of morpholine rings is 1. The van der Waals surface area contributed by atoms with Crippen molar-refractivity contribution in [3.05, 3.63) is 48.0 Å². The van der Waals surface area contributed by atoms with Gasteiger partial charge in [-0.25, -0.2) is 0 Å². The molecule has 3 atom stereocenters. The molecule has 5 nitrogen and oxygen atoms in total. The van der Waals surface area contributed by atoms with Gasteiger partial charge in [0.05, 0.1) is 12.7 Å². The molecule has 1 aromatic heterocycles. The van der Waals surface area contributed by atoms with Crippen LogP contribution in [0.5, 0.6) is 0 Å². The van der Waals surface area contributed by atoms with E-state index in [1.807, 2.05) is 24.3 Å². The Morgan fingerprint density at radius 1 is 1.11 bits per heavy atom. The Balaban J connectivity index is 1.39. The van der Waals surface area contributed by atoms with Gasteiger partial charge in [0, 0.05) is 59.6 Å². The van der Waals surface area contributed by atoms with Crippen LogP contribution in [0, 0.1) is 0 Å². The molecule has 2 saturated heterocycles. The number of amides is 1. The standard InChI is InChI=1S/C22H25N3O2/c1-14-11-25-12-16(10-17(25)13-27-14)23-22(26)15-7-8-21-19(9-15)18-5-3-4-6-20(18)24(21)2/h3-9,14,16-17H,10-13H2,1-2H3,(H,23,26)/t14-,16+,17+/m1/s1. The number of para-hydroxylation sites is 1. The van der Waals surface area contributed by atoms with Crippen LogP contribution in [0.4, 0.5) is 0 Å². The van der Waals surface area contributed by atoms with Crippen LogP contribution >= 0.6 is 0 Å². The van der Waals surface area contributed by atoms with Gasteiger partial charge >= 0.3 is 0 Å². The highest BCUT2D eigenvalue weighted by atomic mass is 16.5. The van der Waals surface area contributed by atoms with E-state index in [2.05, 4.69) is 47.0 Å². The van der Waals surface area contributed by atoms with Crippen LogP contribution in [0.1, 0.15) is 23.7 Å². The monoisotopic (exact) mass is 363 g/mol. The quantitative estimate of drug-likeness (QED) is 0.762. The van der Waals surface area contributed by atoms with Crippen molar-refractivity contribution < 1.29 is 9.53 Å². The Bertz CT molecular complexity index is 1020. The molecule has 3 heterocycles. The predicted molar refractivity (Wildman–Crippen MR) is 107 cm³/mol. The lowest BCUT2D eigenvalue weighted by molar-refractivity contribution is -0.0390. The van der Waals surface area contributed by atoms with Crippen LogP contribution in [-0.2, 0) is 11.8 Å².